The van der Waals surface area contributed by atoms with Gasteiger partial charge in [-0.2, -0.15) is 0 Å². The predicted octanol–water partition coefficient (Wildman–Crippen LogP) is 2.57. The molecule has 1 unspecified atom stereocenters. The van der Waals surface area contributed by atoms with Gasteiger partial charge in [-0.25, -0.2) is 9.97 Å². The number of carbonyl (C=O) groups is 1. The summed E-state index contributed by atoms with van der Waals surface area (Å²) >= 11 is 0. The maximum atomic E-state index is 12.4. The molecule has 0 saturated carbocycles. The number of aromatic nitrogens is 2. The standard InChI is InChI=1S/C19H21N3O3/c1-24-18-19(21-12-11-20-18)25-16-8-5-13-22(14-16)17(23)10-9-15-6-3-2-4-7-15/h2-4,6-7,9-12,16H,5,8,13-14H2,1H3/b10-9+. The molecule has 1 aliphatic heterocycles. The van der Waals surface area contributed by atoms with E-state index < -0.39 is 0 Å². The Labute approximate surface area is 147 Å². The van der Waals surface area contributed by atoms with Crippen LogP contribution in [0.2, 0.25) is 0 Å². The molecule has 1 aromatic heterocycles. The summed E-state index contributed by atoms with van der Waals surface area (Å²) in [6.45, 7) is 1.26. The van der Waals surface area contributed by atoms with Crippen molar-refractivity contribution in [2.45, 2.75) is 18.9 Å². The molecular formula is C19H21N3O3. The van der Waals surface area contributed by atoms with Crippen LogP contribution >= 0.6 is 0 Å². The van der Waals surface area contributed by atoms with Crippen LogP contribution < -0.4 is 9.47 Å². The number of benzene rings is 1. The first kappa shape index (κ1) is 17.0. The van der Waals surface area contributed by atoms with Crippen molar-refractivity contribution < 1.29 is 14.3 Å². The van der Waals surface area contributed by atoms with E-state index in [1.807, 2.05) is 36.4 Å². The zero-order valence-corrected chi connectivity index (χ0v) is 14.2. The first-order valence-electron chi connectivity index (χ1n) is 8.30. The molecule has 3 rings (SSSR count). The van der Waals surface area contributed by atoms with Crippen molar-refractivity contribution in [1.29, 1.82) is 0 Å². The van der Waals surface area contributed by atoms with Gasteiger partial charge in [-0.15, -0.1) is 0 Å². The summed E-state index contributed by atoms with van der Waals surface area (Å²) in [7, 11) is 1.53. The molecule has 1 atom stereocenters. The Balaban J connectivity index is 1.61. The molecule has 2 aromatic rings. The quantitative estimate of drug-likeness (QED) is 0.784. The molecule has 0 radical (unpaired) electrons. The van der Waals surface area contributed by atoms with E-state index in [9.17, 15) is 4.79 Å². The van der Waals surface area contributed by atoms with Crippen LogP contribution in [0.3, 0.4) is 0 Å². The van der Waals surface area contributed by atoms with Gasteiger partial charge >= 0.3 is 0 Å². The van der Waals surface area contributed by atoms with Crippen molar-refractivity contribution in [3.8, 4) is 11.8 Å². The maximum Gasteiger partial charge on any atom is 0.278 e. The van der Waals surface area contributed by atoms with Gasteiger partial charge in [0.2, 0.25) is 5.91 Å². The molecular weight excluding hydrogens is 318 g/mol. The zero-order chi connectivity index (χ0) is 17.5. The summed E-state index contributed by atoms with van der Waals surface area (Å²) in [6.07, 6.45) is 8.19. The highest BCUT2D eigenvalue weighted by Gasteiger charge is 2.25. The first-order valence-corrected chi connectivity index (χ1v) is 8.30. The van der Waals surface area contributed by atoms with E-state index in [0.717, 1.165) is 24.9 Å². The fourth-order valence-corrected chi connectivity index (χ4v) is 2.76. The lowest BCUT2D eigenvalue weighted by atomic mass is 10.1. The number of piperidine rings is 1. The average molecular weight is 339 g/mol. The Morgan fingerprint density at radius 2 is 1.96 bits per heavy atom. The number of ether oxygens (including phenoxy) is 2. The monoisotopic (exact) mass is 339 g/mol. The number of nitrogens with zero attached hydrogens (tertiary/aromatic N) is 3. The largest absolute Gasteiger partial charge is 0.477 e. The smallest absolute Gasteiger partial charge is 0.278 e. The van der Waals surface area contributed by atoms with Crippen LogP contribution in [0.15, 0.2) is 48.8 Å². The Morgan fingerprint density at radius 3 is 2.72 bits per heavy atom. The Hall–Kier alpha value is -2.89. The van der Waals surface area contributed by atoms with Crippen LogP contribution in [0.4, 0.5) is 0 Å². The van der Waals surface area contributed by atoms with Crippen molar-refractivity contribution in [3.63, 3.8) is 0 Å². The lowest BCUT2D eigenvalue weighted by Gasteiger charge is -2.32. The van der Waals surface area contributed by atoms with Gasteiger partial charge in [0.1, 0.15) is 6.10 Å². The molecule has 0 bridgehead atoms. The summed E-state index contributed by atoms with van der Waals surface area (Å²) < 4.78 is 11.1. The molecule has 1 saturated heterocycles. The Bertz CT molecular complexity index is 734. The van der Waals surface area contributed by atoms with E-state index in [1.165, 1.54) is 7.11 Å². The summed E-state index contributed by atoms with van der Waals surface area (Å²) in [5.41, 5.74) is 1.00. The third kappa shape index (κ3) is 4.56. The normalized spacial score (nSPS) is 17.5. The number of carbonyl (C=O) groups excluding carboxylic acids is 1. The predicted molar refractivity (Wildman–Crippen MR) is 94.3 cm³/mol. The van der Waals surface area contributed by atoms with E-state index in [2.05, 4.69) is 9.97 Å². The van der Waals surface area contributed by atoms with Crippen molar-refractivity contribution >= 4 is 12.0 Å². The van der Waals surface area contributed by atoms with Gasteiger partial charge in [-0.3, -0.25) is 4.79 Å². The molecule has 1 amide bonds. The van der Waals surface area contributed by atoms with Gasteiger partial charge < -0.3 is 14.4 Å². The molecule has 0 aliphatic carbocycles. The SMILES string of the molecule is COc1nccnc1OC1CCCN(C(=O)/C=C/c2ccccc2)C1. The second-order valence-corrected chi connectivity index (χ2v) is 5.78. The van der Waals surface area contributed by atoms with Crippen LogP contribution in [-0.2, 0) is 4.79 Å². The first-order chi connectivity index (χ1) is 12.3. The van der Waals surface area contributed by atoms with Crippen LogP contribution in [0.25, 0.3) is 6.08 Å². The molecule has 1 aliphatic rings. The highest BCUT2D eigenvalue weighted by atomic mass is 16.5. The number of rotatable bonds is 5. The highest BCUT2D eigenvalue weighted by Crippen LogP contribution is 2.24. The summed E-state index contributed by atoms with van der Waals surface area (Å²) in [5.74, 6) is 0.710. The minimum Gasteiger partial charge on any atom is -0.477 e. The van der Waals surface area contributed by atoms with Crippen molar-refractivity contribution in [2.75, 3.05) is 20.2 Å². The van der Waals surface area contributed by atoms with Crippen LogP contribution in [0.5, 0.6) is 11.8 Å². The fourth-order valence-electron chi connectivity index (χ4n) is 2.76. The molecule has 6 nitrogen and oxygen atoms in total. The topological polar surface area (TPSA) is 64.6 Å². The molecule has 25 heavy (non-hydrogen) atoms. The average Bonchev–Trinajstić information content (AvgIpc) is 2.67. The van der Waals surface area contributed by atoms with Crippen LogP contribution in [-0.4, -0.2) is 47.1 Å². The molecule has 6 heteroatoms. The number of likely N-dealkylation sites (tertiary alicyclic amines) is 1. The number of methoxy groups -OCH3 is 1. The molecule has 0 N–H and O–H groups in total. The molecule has 1 fully saturated rings. The van der Waals surface area contributed by atoms with Gasteiger partial charge in [0.15, 0.2) is 0 Å². The van der Waals surface area contributed by atoms with Crippen molar-refractivity contribution in [3.05, 3.63) is 54.4 Å². The number of hydrogen-bond acceptors (Lipinski definition) is 5. The number of amides is 1. The minimum atomic E-state index is -0.117. The molecule has 2 heterocycles. The Kier molecular flexibility index (Phi) is 5.61. The maximum absolute atomic E-state index is 12.4. The van der Waals surface area contributed by atoms with E-state index in [4.69, 9.17) is 9.47 Å². The molecule has 0 spiro atoms. The van der Waals surface area contributed by atoms with Crippen molar-refractivity contribution in [2.24, 2.45) is 0 Å². The van der Waals surface area contributed by atoms with E-state index in [-0.39, 0.29) is 12.0 Å². The molecule has 1 aromatic carbocycles. The summed E-state index contributed by atoms with van der Waals surface area (Å²) in [6, 6.07) is 9.78. The number of hydrogen-bond donors (Lipinski definition) is 0. The second kappa shape index (κ2) is 8.28. The minimum absolute atomic E-state index is 0.0109. The fraction of sp³-hybridized carbons (Fsp3) is 0.316. The summed E-state index contributed by atoms with van der Waals surface area (Å²) in [4.78, 5) is 22.5. The summed E-state index contributed by atoms with van der Waals surface area (Å²) in [5, 5.41) is 0. The van der Waals surface area contributed by atoms with E-state index in [0.29, 0.717) is 18.3 Å². The third-order valence-corrected chi connectivity index (χ3v) is 4.01. The zero-order valence-electron chi connectivity index (χ0n) is 14.2. The van der Waals surface area contributed by atoms with Crippen LogP contribution in [0.1, 0.15) is 18.4 Å². The van der Waals surface area contributed by atoms with Gasteiger partial charge in [0.05, 0.1) is 13.7 Å². The highest BCUT2D eigenvalue weighted by molar-refractivity contribution is 5.91. The second-order valence-electron chi connectivity index (χ2n) is 5.78. The van der Waals surface area contributed by atoms with E-state index >= 15 is 0 Å². The molecule has 130 valence electrons. The lowest BCUT2D eigenvalue weighted by Crippen LogP contribution is -2.43. The van der Waals surface area contributed by atoms with Gasteiger partial charge in [0.25, 0.3) is 11.8 Å². The Morgan fingerprint density at radius 1 is 1.20 bits per heavy atom. The van der Waals surface area contributed by atoms with Crippen LogP contribution in [0, 0.1) is 0 Å². The van der Waals surface area contributed by atoms with Gasteiger partial charge in [0, 0.05) is 25.0 Å². The third-order valence-electron chi connectivity index (χ3n) is 4.01. The lowest BCUT2D eigenvalue weighted by molar-refractivity contribution is -0.128. The van der Waals surface area contributed by atoms with Crippen molar-refractivity contribution in [1.82, 2.24) is 14.9 Å². The van der Waals surface area contributed by atoms with Gasteiger partial charge in [-0.05, 0) is 24.5 Å². The van der Waals surface area contributed by atoms with Gasteiger partial charge in [-0.1, -0.05) is 30.3 Å². The van der Waals surface area contributed by atoms with E-state index in [1.54, 1.807) is 23.4 Å².